The largest absolute Gasteiger partial charge is 0.310 e. The lowest BCUT2D eigenvalue weighted by atomic mass is 10.0. The molecule has 0 saturated carbocycles. The van der Waals surface area contributed by atoms with Gasteiger partial charge in [-0.25, -0.2) is 4.37 Å². The van der Waals surface area contributed by atoms with Gasteiger partial charge < -0.3 is 10.1 Å². The smallest absolute Gasteiger partial charge is 0.120 e. The summed E-state index contributed by atoms with van der Waals surface area (Å²) in [5, 5.41) is 3.45. The molecule has 1 heterocycles. The molecule has 0 saturated heterocycles. The number of carbonyl (C=O) groups is 1. The fourth-order valence-electron chi connectivity index (χ4n) is 2.14. The molecule has 4 heteroatoms. The zero-order chi connectivity index (χ0) is 14.4. The van der Waals surface area contributed by atoms with Crippen molar-refractivity contribution in [3.05, 3.63) is 41.6 Å². The Bertz CT molecular complexity index is 565. The van der Waals surface area contributed by atoms with Crippen LogP contribution in [0, 0.1) is 6.92 Å². The van der Waals surface area contributed by atoms with Gasteiger partial charge in [-0.15, -0.1) is 0 Å². The minimum atomic E-state index is 0.287. The third kappa shape index (κ3) is 3.74. The minimum Gasteiger partial charge on any atom is -0.310 e. The van der Waals surface area contributed by atoms with Crippen molar-refractivity contribution >= 4 is 17.8 Å². The second-order valence-corrected chi connectivity index (χ2v) is 5.75. The first-order valence-electron chi connectivity index (χ1n) is 6.91. The summed E-state index contributed by atoms with van der Waals surface area (Å²) < 4.78 is 4.24. The van der Waals surface area contributed by atoms with E-state index in [2.05, 4.69) is 47.8 Å². The maximum atomic E-state index is 10.3. The molecule has 106 valence electrons. The van der Waals surface area contributed by atoms with Gasteiger partial charge in [-0.05, 0) is 61.1 Å². The molecule has 1 unspecified atom stereocenters. The van der Waals surface area contributed by atoms with Crippen molar-refractivity contribution in [1.82, 2.24) is 9.69 Å². The van der Waals surface area contributed by atoms with E-state index in [1.54, 1.807) is 0 Å². The first-order valence-corrected chi connectivity index (χ1v) is 7.68. The number of aromatic nitrogens is 1. The van der Waals surface area contributed by atoms with E-state index in [9.17, 15) is 4.79 Å². The molecule has 1 aromatic heterocycles. The molecular weight excluding hydrogens is 268 g/mol. The Morgan fingerprint density at radius 3 is 3.00 bits per heavy atom. The monoisotopic (exact) mass is 288 g/mol. The van der Waals surface area contributed by atoms with E-state index < -0.39 is 0 Å². The van der Waals surface area contributed by atoms with Crippen LogP contribution in [0.25, 0.3) is 10.4 Å². The molecule has 1 atom stereocenters. The molecule has 0 aliphatic rings. The van der Waals surface area contributed by atoms with E-state index in [4.69, 9.17) is 0 Å². The number of aldehydes is 1. The molecule has 0 amide bonds. The van der Waals surface area contributed by atoms with Crippen LogP contribution >= 0.6 is 11.5 Å². The van der Waals surface area contributed by atoms with Crippen molar-refractivity contribution in [1.29, 1.82) is 0 Å². The van der Waals surface area contributed by atoms with Crippen molar-refractivity contribution < 1.29 is 4.79 Å². The van der Waals surface area contributed by atoms with Crippen LogP contribution in [-0.4, -0.2) is 17.2 Å². The van der Waals surface area contributed by atoms with Crippen LogP contribution in [0.3, 0.4) is 0 Å². The van der Waals surface area contributed by atoms with Crippen LogP contribution in [0.2, 0.25) is 0 Å². The standard InChI is InChI=1S/C16H20N2OS/c1-12-11-18-20-16(12)15-7-5-6-14(10-15)13(2)17-8-3-4-9-19/h5-7,9-11,13,17H,3-4,8H2,1-2H3. The van der Waals surface area contributed by atoms with E-state index >= 15 is 0 Å². The number of rotatable bonds is 7. The summed E-state index contributed by atoms with van der Waals surface area (Å²) >= 11 is 1.54. The lowest BCUT2D eigenvalue weighted by Crippen LogP contribution is -2.19. The fourth-order valence-corrected chi connectivity index (χ4v) is 2.89. The molecule has 0 aliphatic heterocycles. The lowest BCUT2D eigenvalue weighted by Gasteiger charge is -2.14. The molecule has 0 fully saturated rings. The maximum absolute atomic E-state index is 10.3. The van der Waals surface area contributed by atoms with Crippen molar-refractivity contribution in [3.63, 3.8) is 0 Å². The fraction of sp³-hybridized carbons (Fsp3) is 0.375. The summed E-state index contributed by atoms with van der Waals surface area (Å²) in [6.07, 6.45) is 4.40. The molecule has 0 aliphatic carbocycles. The molecule has 3 nitrogen and oxygen atoms in total. The summed E-state index contributed by atoms with van der Waals surface area (Å²) in [5.74, 6) is 0. The highest BCUT2D eigenvalue weighted by Crippen LogP contribution is 2.29. The average molecular weight is 288 g/mol. The Hall–Kier alpha value is -1.52. The van der Waals surface area contributed by atoms with Crippen molar-refractivity contribution in [2.45, 2.75) is 32.7 Å². The van der Waals surface area contributed by atoms with E-state index in [1.807, 2.05) is 6.20 Å². The van der Waals surface area contributed by atoms with E-state index in [-0.39, 0.29) is 6.04 Å². The van der Waals surface area contributed by atoms with Gasteiger partial charge in [0.25, 0.3) is 0 Å². The van der Waals surface area contributed by atoms with Crippen molar-refractivity contribution in [2.75, 3.05) is 6.54 Å². The summed E-state index contributed by atoms with van der Waals surface area (Å²) in [5.41, 5.74) is 3.71. The summed E-state index contributed by atoms with van der Waals surface area (Å²) in [7, 11) is 0. The van der Waals surface area contributed by atoms with E-state index in [1.165, 1.54) is 33.1 Å². The Morgan fingerprint density at radius 2 is 2.30 bits per heavy atom. The quantitative estimate of drug-likeness (QED) is 0.623. The highest BCUT2D eigenvalue weighted by molar-refractivity contribution is 7.09. The Morgan fingerprint density at radius 1 is 1.45 bits per heavy atom. The van der Waals surface area contributed by atoms with Crippen molar-refractivity contribution in [3.8, 4) is 10.4 Å². The molecule has 0 bridgehead atoms. The van der Waals surface area contributed by atoms with Gasteiger partial charge in [0.05, 0.1) is 4.88 Å². The Labute approximate surface area is 124 Å². The second-order valence-electron chi connectivity index (χ2n) is 4.95. The average Bonchev–Trinajstić information content (AvgIpc) is 2.90. The number of aryl methyl sites for hydroxylation is 1. The predicted molar refractivity (Wildman–Crippen MR) is 84.0 cm³/mol. The molecule has 2 aromatic rings. The number of benzene rings is 1. The van der Waals surface area contributed by atoms with Gasteiger partial charge in [0.1, 0.15) is 6.29 Å². The summed E-state index contributed by atoms with van der Waals surface area (Å²) in [6, 6.07) is 8.86. The number of unbranched alkanes of at least 4 members (excludes halogenated alkanes) is 1. The van der Waals surface area contributed by atoms with Gasteiger partial charge in [0, 0.05) is 18.7 Å². The normalized spacial score (nSPS) is 12.3. The van der Waals surface area contributed by atoms with Gasteiger partial charge in [0.15, 0.2) is 0 Å². The second kappa shape index (κ2) is 7.31. The van der Waals surface area contributed by atoms with Crippen molar-refractivity contribution in [2.24, 2.45) is 0 Å². The molecule has 20 heavy (non-hydrogen) atoms. The van der Waals surface area contributed by atoms with Crippen LogP contribution in [0.5, 0.6) is 0 Å². The molecule has 2 rings (SSSR count). The highest BCUT2D eigenvalue weighted by Gasteiger charge is 2.08. The van der Waals surface area contributed by atoms with Crippen LogP contribution in [-0.2, 0) is 4.79 Å². The van der Waals surface area contributed by atoms with Gasteiger partial charge in [-0.3, -0.25) is 0 Å². The third-order valence-electron chi connectivity index (χ3n) is 3.35. The highest BCUT2D eigenvalue weighted by atomic mass is 32.1. The number of carbonyl (C=O) groups excluding carboxylic acids is 1. The van der Waals surface area contributed by atoms with E-state index in [0.717, 1.165) is 19.3 Å². The first kappa shape index (κ1) is 14.9. The Kier molecular flexibility index (Phi) is 5.44. The summed E-state index contributed by atoms with van der Waals surface area (Å²) in [6.45, 7) is 5.11. The Balaban J connectivity index is 2.06. The molecule has 0 radical (unpaired) electrons. The lowest BCUT2D eigenvalue weighted by molar-refractivity contribution is -0.107. The van der Waals surface area contributed by atoms with Crippen LogP contribution in [0.4, 0.5) is 0 Å². The maximum Gasteiger partial charge on any atom is 0.120 e. The first-order chi connectivity index (χ1) is 9.72. The van der Waals surface area contributed by atoms with Crippen LogP contribution in [0.15, 0.2) is 30.5 Å². The van der Waals surface area contributed by atoms with Gasteiger partial charge >= 0.3 is 0 Å². The predicted octanol–water partition coefficient (Wildman–Crippen LogP) is 3.75. The zero-order valence-electron chi connectivity index (χ0n) is 11.9. The number of nitrogens with zero attached hydrogens (tertiary/aromatic N) is 1. The minimum absolute atomic E-state index is 0.287. The van der Waals surface area contributed by atoms with Gasteiger partial charge in [-0.2, -0.15) is 0 Å². The number of hydrogen-bond acceptors (Lipinski definition) is 4. The molecule has 1 aromatic carbocycles. The van der Waals surface area contributed by atoms with Gasteiger partial charge in [0.2, 0.25) is 0 Å². The zero-order valence-corrected chi connectivity index (χ0v) is 12.7. The topological polar surface area (TPSA) is 42.0 Å². The van der Waals surface area contributed by atoms with E-state index in [0.29, 0.717) is 6.42 Å². The molecular formula is C16H20N2OS. The number of nitrogens with one attached hydrogen (secondary N) is 1. The third-order valence-corrected chi connectivity index (χ3v) is 4.30. The summed E-state index contributed by atoms with van der Waals surface area (Å²) in [4.78, 5) is 11.5. The number of hydrogen-bond donors (Lipinski definition) is 1. The SMILES string of the molecule is Cc1cnsc1-c1cccc(C(C)NCCCC=O)c1. The van der Waals surface area contributed by atoms with Crippen LogP contribution < -0.4 is 5.32 Å². The van der Waals surface area contributed by atoms with Gasteiger partial charge in [-0.1, -0.05) is 18.2 Å². The molecule has 1 N–H and O–H groups in total. The molecule has 0 spiro atoms. The van der Waals surface area contributed by atoms with Crippen LogP contribution in [0.1, 0.15) is 36.9 Å².